The lowest BCUT2D eigenvalue weighted by molar-refractivity contribution is -0.610. The summed E-state index contributed by atoms with van der Waals surface area (Å²) in [6.45, 7) is 4.40. The Kier molecular flexibility index (Phi) is 5.63. The maximum Gasteiger partial charge on any atom is 0.553 e. The highest BCUT2D eigenvalue weighted by molar-refractivity contribution is 6.28. The quantitative estimate of drug-likeness (QED) is 0.673. The van der Waals surface area contributed by atoms with Crippen LogP contribution < -0.4 is 0 Å². The zero-order valence-electron chi connectivity index (χ0n) is 7.35. The van der Waals surface area contributed by atoms with Crippen molar-refractivity contribution in [3.63, 3.8) is 0 Å². The van der Waals surface area contributed by atoms with E-state index in [1.165, 1.54) is 0 Å². The SMILES string of the molecule is CCCC[N+](Cl)(Cl)C(=O)OCC. The molecule has 1 amide bonds. The zero-order valence-corrected chi connectivity index (χ0v) is 8.86. The van der Waals surface area contributed by atoms with E-state index in [1.807, 2.05) is 6.92 Å². The second-order valence-corrected chi connectivity index (χ2v) is 3.73. The van der Waals surface area contributed by atoms with Crippen LogP contribution in [0.4, 0.5) is 4.79 Å². The average molecular weight is 215 g/mol. The summed E-state index contributed by atoms with van der Waals surface area (Å²) in [6, 6.07) is 0. The number of hydrogen-bond donors (Lipinski definition) is 0. The van der Waals surface area contributed by atoms with E-state index in [0.29, 0.717) is 13.2 Å². The number of rotatable bonds is 4. The number of nitrogens with zero attached hydrogens (tertiary/aromatic N) is 1. The highest BCUT2D eigenvalue weighted by atomic mass is 35.5. The lowest BCUT2D eigenvalue weighted by atomic mass is 10.3. The molecule has 0 saturated heterocycles. The van der Waals surface area contributed by atoms with Gasteiger partial charge in [-0.1, -0.05) is 13.3 Å². The number of halogens is 2. The van der Waals surface area contributed by atoms with Gasteiger partial charge in [0.15, 0.2) is 23.6 Å². The Labute approximate surface area is 83.0 Å². The second kappa shape index (κ2) is 5.62. The Morgan fingerprint density at radius 3 is 2.42 bits per heavy atom. The van der Waals surface area contributed by atoms with Gasteiger partial charge in [-0.3, -0.25) is 0 Å². The summed E-state index contributed by atoms with van der Waals surface area (Å²) in [4.78, 5) is 11.1. The lowest BCUT2D eigenvalue weighted by Crippen LogP contribution is -2.36. The zero-order chi connectivity index (χ0) is 9.61. The topological polar surface area (TPSA) is 26.3 Å². The van der Waals surface area contributed by atoms with Gasteiger partial charge in [-0.2, -0.15) is 4.79 Å². The number of ether oxygens (including phenoxy) is 1. The fourth-order valence-corrected chi connectivity index (χ4v) is 1.00. The first-order chi connectivity index (χ1) is 5.54. The van der Waals surface area contributed by atoms with Crippen LogP contribution in [0.15, 0.2) is 0 Å². The van der Waals surface area contributed by atoms with Crippen LogP contribution in [0.25, 0.3) is 0 Å². The van der Waals surface area contributed by atoms with Crippen LogP contribution >= 0.6 is 23.6 Å². The van der Waals surface area contributed by atoms with Gasteiger partial charge < -0.3 is 4.74 Å². The van der Waals surface area contributed by atoms with Crippen molar-refractivity contribution in [1.82, 2.24) is 0 Å². The molecule has 3 nitrogen and oxygen atoms in total. The van der Waals surface area contributed by atoms with Crippen molar-refractivity contribution in [1.29, 1.82) is 0 Å². The molecule has 0 bridgehead atoms. The third-order valence-electron chi connectivity index (χ3n) is 1.33. The Morgan fingerprint density at radius 1 is 1.42 bits per heavy atom. The summed E-state index contributed by atoms with van der Waals surface area (Å²) < 4.78 is 3.95. The lowest BCUT2D eigenvalue weighted by Gasteiger charge is -2.14. The van der Waals surface area contributed by atoms with Crippen LogP contribution in [0, 0.1) is 0 Å². The van der Waals surface area contributed by atoms with E-state index in [9.17, 15) is 4.79 Å². The van der Waals surface area contributed by atoms with Gasteiger partial charge in [-0.05, 0) is 10.4 Å². The molecule has 0 saturated carbocycles. The highest BCUT2D eigenvalue weighted by Gasteiger charge is 2.36. The molecule has 0 aliphatic rings. The first-order valence-corrected chi connectivity index (χ1v) is 4.67. The minimum absolute atomic E-state index is 0.296. The third kappa shape index (κ3) is 4.14. The molecule has 0 aromatic heterocycles. The first kappa shape index (κ1) is 12.0. The number of quaternary nitrogens is 1. The monoisotopic (exact) mass is 214 g/mol. The van der Waals surface area contributed by atoms with Crippen LogP contribution in [0.1, 0.15) is 26.7 Å². The Morgan fingerprint density at radius 2 is 2.00 bits per heavy atom. The number of carbonyl (C=O) groups excluding carboxylic acids is 1. The summed E-state index contributed by atoms with van der Waals surface area (Å²) in [5.74, 6) is 0. The van der Waals surface area contributed by atoms with Crippen LogP contribution in [-0.4, -0.2) is 22.8 Å². The molecule has 0 aliphatic carbocycles. The molecule has 0 spiro atoms. The predicted molar refractivity (Wildman–Crippen MR) is 48.8 cm³/mol. The molecular weight excluding hydrogens is 201 g/mol. The van der Waals surface area contributed by atoms with Crippen LogP contribution in [0.2, 0.25) is 0 Å². The van der Waals surface area contributed by atoms with Gasteiger partial charge >= 0.3 is 6.09 Å². The maximum atomic E-state index is 11.1. The molecule has 0 fully saturated rings. The number of hydrogen-bond acceptors (Lipinski definition) is 2. The molecule has 0 aromatic carbocycles. The molecule has 0 aromatic rings. The van der Waals surface area contributed by atoms with Crippen LogP contribution in [0.3, 0.4) is 0 Å². The number of carbonyl (C=O) groups is 1. The van der Waals surface area contributed by atoms with Crippen molar-refractivity contribution >= 4 is 29.6 Å². The molecule has 0 radical (unpaired) electrons. The molecule has 0 heterocycles. The summed E-state index contributed by atoms with van der Waals surface area (Å²) in [6.07, 6.45) is 1.14. The molecule has 5 heteroatoms. The molecule has 12 heavy (non-hydrogen) atoms. The van der Waals surface area contributed by atoms with Gasteiger partial charge in [0.25, 0.3) is 0 Å². The molecular formula is C7H14Cl2NO2+. The van der Waals surface area contributed by atoms with E-state index in [-0.39, 0.29) is 0 Å². The largest absolute Gasteiger partial charge is 0.553 e. The van der Waals surface area contributed by atoms with E-state index >= 15 is 0 Å². The van der Waals surface area contributed by atoms with Crippen molar-refractivity contribution in [3.8, 4) is 0 Å². The standard InChI is InChI=1S/C7H14Cl2NO2/c1-3-5-6-10(8,9)7(11)12-4-2/h3-6H2,1-2H3/q+1. The normalized spacial score (nSPS) is 11.3. The first-order valence-electron chi connectivity index (χ1n) is 3.99. The van der Waals surface area contributed by atoms with Crippen LogP contribution in [0.5, 0.6) is 0 Å². The van der Waals surface area contributed by atoms with E-state index in [4.69, 9.17) is 23.6 Å². The molecule has 0 atom stereocenters. The fourth-order valence-electron chi connectivity index (χ4n) is 0.666. The van der Waals surface area contributed by atoms with Gasteiger partial charge in [0.05, 0.1) is 6.61 Å². The number of unbranched alkanes of at least 4 members (excludes halogenated alkanes) is 1. The van der Waals surface area contributed by atoms with Crippen molar-refractivity contribution < 1.29 is 13.1 Å². The second-order valence-electron chi connectivity index (χ2n) is 2.41. The minimum Gasteiger partial charge on any atom is -0.418 e. The smallest absolute Gasteiger partial charge is 0.418 e. The third-order valence-corrected chi connectivity index (χ3v) is 1.94. The van der Waals surface area contributed by atoms with E-state index in [0.717, 1.165) is 12.8 Å². The van der Waals surface area contributed by atoms with Crippen molar-refractivity contribution in [3.05, 3.63) is 0 Å². The minimum atomic E-state index is -0.721. The highest BCUT2D eigenvalue weighted by Crippen LogP contribution is 2.20. The summed E-state index contributed by atoms with van der Waals surface area (Å²) in [7, 11) is 0. The van der Waals surface area contributed by atoms with Crippen molar-refractivity contribution in [2.75, 3.05) is 13.2 Å². The van der Waals surface area contributed by atoms with Gasteiger partial charge in [0.2, 0.25) is 0 Å². The van der Waals surface area contributed by atoms with Crippen LogP contribution in [-0.2, 0) is 4.74 Å². The van der Waals surface area contributed by atoms with Gasteiger partial charge in [-0.15, -0.1) is 0 Å². The molecule has 0 rings (SSSR count). The Bertz CT molecular complexity index is 150. The summed E-state index contributed by atoms with van der Waals surface area (Å²) in [5.41, 5.74) is 0. The van der Waals surface area contributed by atoms with Crippen molar-refractivity contribution in [2.24, 2.45) is 0 Å². The van der Waals surface area contributed by atoms with Gasteiger partial charge in [0.1, 0.15) is 6.54 Å². The van der Waals surface area contributed by atoms with Crippen molar-refractivity contribution in [2.45, 2.75) is 26.7 Å². The van der Waals surface area contributed by atoms with Gasteiger partial charge in [0, 0.05) is 6.42 Å². The molecule has 0 unspecified atom stereocenters. The van der Waals surface area contributed by atoms with E-state index in [1.54, 1.807) is 6.92 Å². The van der Waals surface area contributed by atoms with E-state index in [2.05, 4.69) is 4.74 Å². The van der Waals surface area contributed by atoms with E-state index < -0.39 is 9.61 Å². The predicted octanol–water partition coefficient (Wildman–Crippen LogP) is 3.07. The summed E-state index contributed by atoms with van der Waals surface area (Å²) in [5, 5.41) is 0. The average Bonchev–Trinajstić information content (AvgIpc) is 2.01. The maximum absolute atomic E-state index is 11.1. The molecule has 72 valence electrons. The van der Waals surface area contributed by atoms with Gasteiger partial charge in [-0.25, -0.2) is 0 Å². The Balaban J connectivity index is 3.90. The Hall–Kier alpha value is 0.01000. The summed E-state index contributed by atoms with van der Waals surface area (Å²) >= 11 is 11.3. The molecule has 0 aliphatic heterocycles. The molecule has 0 N–H and O–H groups in total. The fraction of sp³-hybridized carbons (Fsp3) is 0.857. The number of amides is 1.